The monoisotopic (exact) mass is 373 g/mol. The van der Waals surface area contributed by atoms with Gasteiger partial charge in [-0.2, -0.15) is 4.98 Å². The van der Waals surface area contributed by atoms with Crippen LogP contribution in [0.5, 0.6) is 0 Å². The number of rotatable bonds is 7. The summed E-state index contributed by atoms with van der Waals surface area (Å²) in [5.74, 6) is 2.40. The van der Waals surface area contributed by atoms with Gasteiger partial charge in [-0.15, -0.1) is 0 Å². The molecule has 0 unspecified atom stereocenters. The third-order valence-corrected chi connectivity index (χ3v) is 5.17. The van der Waals surface area contributed by atoms with Crippen LogP contribution in [0.25, 0.3) is 0 Å². The maximum absolute atomic E-state index is 6.03. The second-order valence-electron chi connectivity index (χ2n) is 7.26. The zero-order chi connectivity index (χ0) is 18.4. The van der Waals surface area contributed by atoms with Gasteiger partial charge >= 0.3 is 0 Å². The Morgan fingerprint density at radius 1 is 1.15 bits per heavy atom. The van der Waals surface area contributed by atoms with Crippen LogP contribution in [0.2, 0.25) is 5.02 Å². The first-order valence-corrected chi connectivity index (χ1v) is 9.70. The molecule has 1 fully saturated rings. The Morgan fingerprint density at radius 3 is 2.69 bits per heavy atom. The summed E-state index contributed by atoms with van der Waals surface area (Å²) in [6.45, 7) is 1.94. The predicted octanol–water partition coefficient (Wildman–Crippen LogP) is 3.96. The zero-order valence-electron chi connectivity index (χ0n) is 15.6. The maximum atomic E-state index is 6.03. The lowest BCUT2D eigenvalue weighted by Gasteiger charge is -2.29. The summed E-state index contributed by atoms with van der Waals surface area (Å²) in [6.07, 6.45) is 6.61. The van der Waals surface area contributed by atoms with E-state index < -0.39 is 0 Å². The third-order valence-electron chi connectivity index (χ3n) is 4.93. The highest BCUT2D eigenvalue weighted by molar-refractivity contribution is 6.30. The summed E-state index contributed by atoms with van der Waals surface area (Å²) in [6, 6.07) is 10.4. The number of anilines is 2. The minimum Gasteiger partial charge on any atom is -0.363 e. The van der Waals surface area contributed by atoms with E-state index in [9.17, 15) is 0 Å². The quantitative estimate of drug-likeness (QED) is 0.769. The Bertz CT molecular complexity index is 698. The van der Waals surface area contributed by atoms with E-state index in [0.717, 1.165) is 35.8 Å². The number of benzene rings is 1. The number of halogens is 1. The van der Waals surface area contributed by atoms with Crippen molar-refractivity contribution >= 4 is 23.4 Å². The summed E-state index contributed by atoms with van der Waals surface area (Å²) in [5, 5.41) is 7.88. The molecule has 5 nitrogen and oxygen atoms in total. The Labute approximate surface area is 161 Å². The predicted molar refractivity (Wildman–Crippen MR) is 109 cm³/mol. The molecule has 0 amide bonds. The van der Waals surface area contributed by atoms with Gasteiger partial charge in [-0.05, 0) is 61.9 Å². The topological polar surface area (TPSA) is 53.1 Å². The van der Waals surface area contributed by atoms with Crippen LogP contribution >= 0.6 is 11.6 Å². The number of nitrogens with zero attached hydrogens (tertiary/aromatic N) is 3. The first kappa shape index (κ1) is 18.9. The van der Waals surface area contributed by atoms with Crippen LogP contribution in [0.15, 0.2) is 36.5 Å². The summed E-state index contributed by atoms with van der Waals surface area (Å²) in [4.78, 5) is 10.9. The van der Waals surface area contributed by atoms with Gasteiger partial charge in [-0.1, -0.05) is 23.7 Å². The van der Waals surface area contributed by atoms with Gasteiger partial charge < -0.3 is 15.5 Å². The fourth-order valence-electron chi connectivity index (χ4n) is 3.43. The molecule has 140 valence electrons. The number of aromatic nitrogens is 2. The molecule has 1 aromatic heterocycles. The van der Waals surface area contributed by atoms with Crippen LogP contribution in [-0.2, 0) is 6.54 Å². The molecular formula is C20H28ClN5. The van der Waals surface area contributed by atoms with Crippen LogP contribution in [0, 0.1) is 5.92 Å². The minimum atomic E-state index is 0.469. The zero-order valence-corrected chi connectivity index (χ0v) is 16.3. The number of nitrogens with one attached hydrogen (secondary N) is 2. The Balaban J connectivity index is 1.39. The molecule has 1 aromatic carbocycles. The van der Waals surface area contributed by atoms with Crippen LogP contribution < -0.4 is 15.5 Å². The van der Waals surface area contributed by atoms with Gasteiger partial charge in [0.1, 0.15) is 5.82 Å². The summed E-state index contributed by atoms with van der Waals surface area (Å²) in [7, 11) is 3.99. The van der Waals surface area contributed by atoms with Crippen molar-refractivity contribution in [1.29, 1.82) is 0 Å². The number of hydrogen-bond donors (Lipinski definition) is 2. The van der Waals surface area contributed by atoms with Crippen molar-refractivity contribution in [2.24, 2.45) is 5.92 Å². The highest BCUT2D eigenvalue weighted by atomic mass is 35.5. The molecule has 1 aliphatic rings. The van der Waals surface area contributed by atoms with E-state index in [1.807, 2.05) is 49.5 Å². The van der Waals surface area contributed by atoms with E-state index >= 15 is 0 Å². The van der Waals surface area contributed by atoms with Gasteiger partial charge in [0.25, 0.3) is 0 Å². The van der Waals surface area contributed by atoms with Crippen LogP contribution in [0.3, 0.4) is 0 Å². The molecule has 2 N–H and O–H groups in total. The highest BCUT2D eigenvalue weighted by Gasteiger charge is 2.21. The van der Waals surface area contributed by atoms with Crippen molar-refractivity contribution in [2.75, 3.05) is 30.9 Å². The second-order valence-corrected chi connectivity index (χ2v) is 7.69. The van der Waals surface area contributed by atoms with E-state index in [0.29, 0.717) is 6.04 Å². The summed E-state index contributed by atoms with van der Waals surface area (Å²) >= 11 is 6.03. The van der Waals surface area contributed by atoms with Crippen LogP contribution in [0.1, 0.15) is 31.2 Å². The normalized spacial score (nSPS) is 20.0. The average molecular weight is 374 g/mol. The molecule has 0 aliphatic heterocycles. The lowest BCUT2D eigenvalue weighted by Crippen LogP contribution is -2.31. The Morgan fingerprint density at radius 2 is 1.96 bits per heavy atom. The van der Waals surface area contributed by atoms with Crippen molar-refractivity contribution in [3.63, 3.8) is 0 Å². The molecule has 2 aromatic rings. The van der Waals surface area contributed by atoms with Crippen molar-refractivity contribution in [3.8, 4) is 0 Å². The smallest absolute Gasteiger partial charge is 0.224 e. The lowest BCUT2D eigenvalue weighted by atomic mass is 9.86. The fourth-order valence-corrected chi connectivity index (χ4v) is 3.64. The molecule has 0 saturated heterocycles. The van der Waals surface area contributed by atoms with Crippen molar-refractivity contribution in [3.05, 3.63) is 47.1 Å². The molecule has 0 radical (unpaired) electrons. The molecule has 1 heterocycles. The van der Waals surface area contributed by atoms with Crippen LogP contribution in [-0.4, -0.2) is 36.6 Å². The molecule has 3 rings (SSSR count). The standard InChI is InChI=1S/C20H28ClN5/c1-26(2)19-10-11-23-20(25-19)24-18-8-6-15(7-9-18)13-22-14-16-4-3-5-17(21)12-16/h3-5,10-12,15,18,22H,6-9,13-14H2,1-2H3,(H,23,24,25). The molecule has 1 saturated carbocycles. The highest BCUT2D eigenvalue weighted by Crippen LogP contribution is 2.26. The Kier molecular flexibility index (Phi) is 6.69. The van der Waals surface area contributed by atoms with Gasteiger partial charge in [-0.3, -0.25) is 0 Å². The third kappa shape index (κ3) is 5.58. The van der Waals surface area contributed by atoms with Crippen molar-refractivity contribution in [1.82, 2.24) is 15.3 Å². The van der Waals surface area contributed by atoms with E-state index in [-0.39, 0.29) is 0 Å². The molecule has 1 aliphatic carbocycles. The maximum Gasteiger partial charge on any atom is 0.224 e. The van der Waals surface area contributed by atoms with Gasteiger partial charge in [0, 0.05) is 37.9 Å². The van der Waals surface area contributed by atoms with Gasteiger partial charge in [0.05, 0.1) is 0 Å². The van der Waals surface area contributed by atoms with E-state index in [2.05, 4.69) is 26.7 Å². The first-order valence-electron chi connectivity index (χ1n) is 9.32. The molecule has 6 heteroatoms. The molecule has 0 spiro atoms. The SMILES string of the molecule is CN(C)c1ccnc(NC2CCC(CNCc3cccc(Cl)c3)CC2)n1. The van der Waals surface area contributed by atoms with Crippen molar-refractivity contribution in [2.45, 2.75) is 38.3 Å². The number of hydrogen-bond acceptors (Lipinski definition) is 5. The fraction of sp³-hybridized carbons (Fsp3) is 0.500. The molecule has 0 atom stereocenters. The first-order chi connectivity index (χ1) is 12.6. The van der Waals surface area contributed by atoms with Gasteiger partial charge in [0.15, 0.2) is 0 Å². The van der Waals surface area contributed by atoms with Crippen molar-refractivity contribution < 1.29 is 0 Å². The largest absolute Gasteiger partial charge is 0.363 e. The van der Waals surface area contributed by atoms with E-state index in [1.54, 1.807) is 0 Å². The summed E-state index contributed by atoms with van der Waals surface area (Å²) < 4.78 is 0. The van der Waals surface area contributed by atoms with Crippen LogP contribution in [0.4, 0.5) is 11.8 Å². The molecule has 0 bridgehead atoms. The minimum absolute atomic E-state index is 0.469. The van der Waals surface area contributed by atoms with E-state index in [1.165, 1.54) is 31.2 Å². The Hall–Kier alpha value is -1.85. The lowest BCUT2D eigenvalue weighted by molar-refractivity contribution is 0.324. The van der Waals surface area contributed by atoms with Gasteiger partial charge in [0.2, 0.25) is 5.95 Å². The molecular weight excluding hydrogens is 346 g/mol. The summed E-state index contributed by atoms with van der Waals surface area (Å²) in [5.41, 5.74) is 1.24. The van der Waals surface area contributed by atoms with E-state index in [4.69, 9.17) is 11.6 Å². The average Bonchev–Trinajstić information content (AvgIpc) is 2.63. The van der Waals surface area contributed by atoms with Gasteiger partial charge in [-0.25, -0.2) is 4.98 Å². The molecule has 26 heavy (non-hydrogen) atoms. The second kappa shape index (κ2) is 9.19.